The van der Waals surface area contributed by atoms with Crippen molar-refractivity contribution < 1.29 is 14.3 Å². The molecule has 1 amide bonds. The summed E-state index contributed by atoms with van der Waals surface area (Å²) in [4.78, 5) is 15.9. The number of methoxy groups -OCH3 is 1. The topological polar surface area (TPSA) is 60.5 Å². The standard InChI is InChI=1S/C15H16N2O3/c1-11-5-4-8-16-15(11)17-14(18)10-20-13-7-3-6-12(9-13)19-2/h3-9H,10H2,1-2H3,(H,16,17,18). The van der Waals surface area contributed by atoms with E-state index in [1.165, 1.54) is 0 Å². The van der Waals surface area contributed by atoms with E-state index in [4.69, 9.17) is 9.47 Å². The van der Waals surface area contributed by atoms with Gasteiger partial charge in [0.15, 0.2) is 6.61 Å². The first-order valence-electron chi connectivity index (χ1n) is 6.17. The van der Waals surface area contributed by atoms with E-state index in [0.29, 0.717) is 17.3 Å². The summed E-state index contributed by atoms with van der Waals surface area (Å²) in [6.45, 7) is 1.80. The molecule has 1 N–H and O–H groups in total. The Morgan fingerprint density at radius 1 is 1.25 bits per heavy atom. The summed E-state index contributed by atoms with van der Waals surface area (Å²) in [5.41, 5.74) is 0.905. The minimum absolute atomic E-state index is 0.0802. The molecule has 0 atom stereocenters. The Kier molecular flexibility index (Phi) is 4.55. The molecule has 0 radical (unpaired) electrons. The van der Waals surface area contributed by atoms with Crippen LogP contribution < -0.4 is 14.8 Å². The Balaban J connectivity index is 1.90. The van der Waals surface area contributed by atoms with Gasteiger partial charge >= 0.3 is 0 Å². The first-order chi connectivity index (χ1) is 9.69. The highest BCUT2D eigenvalue weighted by Crippen LogP contribution is 2.18. The van der Waals surface area contributed by atoms with Crippen LogP contribution in [-0.2, 0) is 4.79 Å². The maximum absolute atomic E-state index is 11.8. The van der Waals surface area contributed by atoms with E-state index >= 15 is 0 Å². The van der Waals surface area contributed by atoms with Crippen molar-refractivity contribution in [2.24, 2.45) is 0 Å². The molecule has 0 aliphatic carbocycles. The van der Waals surface area contributed by atoms with Crippen molar-refractivity contribution in [3.8, 4) is 11.5 Å². The van der Waals surface area contributed by atoms with Crippen LogP contribution in [0.3, 0.4) is 0 Å². The fourth-order valence-corrected chi connectivity index (χ4v) is 1.62. The molecule has 1 heterocycles. The van der Waals surface area contributed by atoms with Gasteiger partial charge in [0.05, 0.1) is 7.11 Å². The van der Waals surface area contributed by atoms with Crippen LogP contribution in [0.5, 0.6) is 11.5 Å². The van der Waals surface area contributed by atoms with Crippen LogP contribution in [0.25, 0.3) is 0 Å². The Morgan fingerprint density at radius 3 is 2.80 bits per heavy atom. The molecular weight excluding hydrogens is 256 g/mol. The van der Waals surface area contributed by atoms with E-state index in [-0.39, 0.29) is 12.5 Å². The van der Waals surface area contributed by atoms with Gasteiger partial charge in [-0.05, 0) is 30.7 Å². The maximum atomic E-state index is 11.8. The lowest BCUT2D eigenvalue weighted by Crippen LogP contribution is -2.21. The molecule has 104 valence electrons. The number of anilines is 1. The van der Waals surface area contributed by atoms with Gasteiger partial charge in [0, 0.05) is 12.3 Å². The van der Waals surface area contributed by atoms with Crippen molar-refractivity contribution in [3.05, 3.63) is 48.2 Å². The molecule has 5 heteroatoms. The molecule has 2 aromatic rings. The van der Waals surface area contributed by atoms with Crippen molar-refractivity contribution in [1.29, 1.82) is 0 Å². The normalized spacial score (nSPS) is 9.90. The number of amides is 1. The highest BCUT2D eigenvalue weighted by atomic mass is 16.5. The number of nitrogens with one attached hydrogen (secondary N) is 1. The molecule has 0 spiro atoms. The number of hydrogen-bond acceptors (Lipinski definition) is 4. The van der Waals surface area contributed by atoms with E-state index in [1.807, 2.05) is 25.1 Å². The van der Waals surface area contributed by atoms with Gasteiger partial charge in [0.2, 0.25) is 0 Å². The summed E-state index contributed by atoms with van der Waals surface area (Å²) < 4.78 is 10.5. The van der Waals surface area contributed by atoms with Gasteiger partial charge in [-0.2, -0.15) is 0 Å². The minimum atomic E-state index is -0.255. The van der Waals surface area contributed by atoms with E-state index in [2.05, 4.69) is 10.3 Å². The quantitative estimate of drug-likeness (QED) is 0.908. The monoisotopic (exact) mass is 272 g/mol. The summed E-state index contributed by atoms with van der Waals surface area (Å²) in [6.07, 6.45) is 1.63. The number of benzene rings is 1. The fraction of sp³-hybridized carbons (Fsp3) is 0.200. The molecule has 0 unspecified atom stereocenters. The van der Waals surface area contributed by atoms with E-state index in [0.717, 1.165) is 5.56 Å². The molecule has 0 saturated heterocycles. The molecule has 0 aliphatic heterocycles. The molecule has 0 aliphatic rings. The molecule has 0 fully saturated rings. The molecule has 1 aromatic heterocycles. The molecule has 2 rings (SSSR count). The van der Waals surface area contributed by atoms with Crippen molar-refractivity contribution in [2.45, 2.75) is 6.92 Å². The number of pyridine rings is 1. The average molecular weight is 272 g/mol. The minimum Gasteiger partial charge on any atom is -0.497 e. The van der Waals surface area contributed by atoms with Crippen LogP contribution >= 0.6 is 0 Å². The van der Waals surface area contributed by atoms with Crippen LogP contribution in [0.4, 0.5) is 5.82 Å². The zero-order valence-electron chi connectivity index (χ0n) is 11.4. The number of nitrogens with zero attached hydrogens (tertiary/aromatic N) is 1. The Bertz CT molecular complexity index is 599. The first kappa shape index (κ1) is 13.9. The van der Waals surface area contributed by atoms with E-state index in [9.17, 15) is 4.79 Å². The molecule has 5 nitrogen and oxygen atoms in total. The van der Waals surface area contributed by atoms with Crippen molar-refractivity contribution in [3.63, 3.8) is 0 Å². The van der Waals surface area contributed by atoms with Gasteiger partial charge in [-0.3, -0.25) is 4.79 Å². The Hall–Kier alpha value is -2.56. The van der Waals surface area contributed by atoms with Crippen LogP contribution in [0.15, 0.2) is 42.6 Å². The van der Waals surface area contributed by atoms with Gasteiger partial charge in [-0.25, -0.2) is 4.98 Å². The third-order valence-corrected chi connectivity index (χ3v) is 2.68. The van der Waals surface area contributed by atoms with Crippen molar-refractivity contribution in [2.75, 3.05) is 19.0 Å². The lowest BCUT2D eigenvalue weighted by atomic mass is 10.3. The summed E-state index contributed by atoms with van der Waals surface area (Å²) in [6, 6.07) is 10.8. The number of rotatable bonds is 5. The van der Waals surface area contributed by atoms with Crippen LogP contribution in [0, 0.1) is 6.92 Å². The van der Waals surface area contributed by atoms with E-state index in [1.54, 1.807) is 31.5 Å². The SMILES string of the molecule is COc1cccc(OCC(=O)Nc2ncccc2C)c1. The highest BCUT2D eigenvalue weighted by Gasteiger charge is 2.06. The molecule has 0 bridgehead atoms. The summed E-state index contributed by atoms with van der Waals surface area (Å²) >= 11 is 0. The Morgan fingerprint density at radius 2 is 2.05 bits per heavy atom. The number of carbonyl (C=O) groups excluding carboxylic acids is 1. The van der Waals surface area contributed by atoms with Crippen LogP contribution in [-0.4, -0.2) is 24.6 Å². The highest BCUT2D eigenvalue weighted by molar-refractivity contribution is 5.91. The summed E-state index contributed by atoms with van der Waals surface area (Å²) in [5, 5.41) is 2.70. The van der Waals surface area contributed by atoms with Gasteiger partial charge in [-0.1, -0.05) is 12.1 Å². The third-order valence-electron chi connectivity index (χ3n) is 2.68. The zero-order chi connectivity index (χ0) is 14.4. The molecule has 1 aromatic carbocycles. The number of carbonyl (C=O) groups is 1. The lowest BCUT2D eigenvalue weighted by Gasteiger charge is -2.09. The second-order valence-electron chi connectivity index (χ2n) is 4.18. The number of ether oxygens (including phenoxy) is 2. The predicted octanol–water partition coefficient (Wildman–Crippen LogP) is 2.42. The van der Waals surface area contributed by atoms with Crippen LogP contribution in [0.2, 0.25) is 0 Å². The van der Waals surface area contributed by atoms with Gasteiger partial charge < -0.3 is 14.8 Å². The molecular formula is C15H16N2O3. The lowest BCUT2D eigenvalue weighted by molar-refractivity contribution is -0.118. The molecule has 0 saturated carbocycles. The maximum Gasteiger partial charge on any atom is 0.263 e. The predicted molar refractivity (Wildman–Crippen MR) is 76.1 cm³/mol. The third kappa shape index (κ3) is 3.71. The van der Waals surface area contributed by atoms with Crippen molar-refractivity contribution >= 4 is 11.7 Å². The summed E-state index contributed by atoms with van der Waals surface area (Å²) in [7, 11) is 1.58. The summed E-state index contributed by atoms with van der Waals surface area (Å²) in [5.74, 6) is 1.56. The van der Waals surface area contributed by atoms with Gasteiger partial charge in [0.25, 0.3) is 5.91 Å². The van der Waals surface area contributed by atoms with Crippen LogP contribution in [0.1, 0.15) is 5.56 Å². The second-order valence-corrected chi connectivity index (χ2v) is 4.18. The first-order valence-corrected chi connectivity index (χ1v) is 6.17. The second kappa shape index (κ2) is 6.56. The number of hydrogen-bond donors (Lipinski definition) is 1. The van der Waals surface area contributed by atoms with Gasteiger partial charge in [-0.15, -0.1) is 0 Å². The largest absolute Gasteiger partial charge is 0.497 e. The molecule has 20 heavy (non-hydrogen) atoms. The Labute approximate surface area is 117 Å². The van der Waals surface area contributed by atoms with Gasteiger partial charge in [0.1, 0.15) is 17.3 Å². The van der Waals surface area contributed by atoms with E-state index < -0.39 is 0 Å². The van der Waals surface area contributed by atoms with Crippen molar-refractivity contribution in [1.82, 2.24) is 4.98 Å². The number of aromatic nitrogens is 1. The smallest absolute Gasteiger partial charge is 0.263 e. The fourth-order valence-electron chi connectivity index (χ4n) is 1.62. The number of aryl methyl sites for hydroxylation is 1. The average Bonchev–Trinajstić information content (AvgIpc) is 2.48. The zero-order valence-corrected chi connectivity index (χ0v) is 11.4.